The third kappa shape index (κ3) is 2.46. The molecule has 2 heterocycles. The number of hydrogen-bond donors (Lipinski definition) is 1. The lowest BCUT2D eigenvalue weighted by atomic mass is 10.2. The van der Waals surface area contributed by atoms with Crippen molar-refractivity contribution >= 4 is 28.4 Å². The van der Waals surface area contributed by atoms with Gasteiger partial charge in [0.25, 0.3) is 5.56 Å². The first-order valence-corrected chi connectivity index (χ1v) is 7.95. The van der Waals surface area contributed by atoms with Gasteiger partial charge in [-0.25, -0.2) is 9.36 Å². The average Bonchev–Trinajstić information content (AvgIpc) is 3.27. The van der Waals surface area contributed by atoms with Crippen LogP contribution in [0.1, 0.15) is 24.5 Å². The van der Waals surface area contributed by atoms with E-state index in [0.717, 1.165) is 23.2 Å². The fraction of sp³-hybridized carbons (Fsp3) is 0.250. The molecule has 24 heavy (non-hydrogen) atoms. The van der Waals surface area contributed by atoms with Gasteiger partial charge in [0.2, 0.25) is 5.91 Å². The maximum atomic E-state index is 12.8. The number of primary amides is 1. The topological polar surface area (TPSA) is 95.8 Å². The molecule has 1 saturated carbocycles. The number of hydrogen-bond acceptors (Lipinski definition) is 4. The van der Waals surface area contributed by atoms with E-state index in [4.69, 9.17) is 17.3 Å². The highest BCUT2D eigenvalue weighted by Gasteiger charge is 2.30. The predicted octanol–water partition coefficient (Wildman–Crippen LogP) is 1.60. The molecule has 3 aromatic rings. The van der Waals surface area contributed by atoms with E-state index in [0.29, 0.717) is 27.5 Å². The van der Waals surface area contributed by atoms with Gasteiger partial charge in [-0.05, 0) is 31.0 Å². The largest absolute Gasteiger partial charge is 0.368 e. The molecule has 0 bridgehead atoms. The van der Waals surface area contributed by atoms with Crippen LogP contribution in [0.15, 0.2) is 35.3 Å². The summed E-state index contributed by atoms with van der Waals surface area (Å²) < 4.78 is 2.66. The molecule has 4 rings (SSSR count). The first-order chi connectivity index (χ1) is 11.5. The van der Waals surface area contributed by atoms with Gasteiger partial charge in [-0.1, -0.05) is 17.7 Å². The molecule has 2 aromatic heterocycles. The van der Waals surface area contributed by atoms with E-state index in [1.165, 1.54) is 4.68 Å². The zero-order valence-electron chi connectivity index (χ0n) is 12.6. The van der Waals surface area contributed by atoms with Crippen molar-refractivity contribution in [2.45, 2.75) is 25.3 Å². The summed E-state index contributed by atoms with van der Waals surface area (Å²) in [7, 11) is 0. The minimum atomic E-state index is -0.612. The fourth-order valence-corrected chi connectivity index (χ4v) is 2.99. The van der Waals surface area contributed by atoms with Crippen LogP contribution in [0.4, 0.5) is 0 Å². The Morgan fingerprint density at radius 2 is 2.17 bits per heavy atom. The molecule has 1 aromatic carbocycles. The van der Waals surface area contributed by atoms with Crippen molar-refractivity contribution in [2.24, 2.45) is 5.73 Å². The highest BCUT2D eigenvalue weighted by Crippen LogP contribution is 2.41. The van der Waals surface area contributed by atoms with Crippen LogP contribution in [0.2, 0.25) is 5.02 Å². The number of carbonyl (C=O) groups excluding carboxylic acids is 1. The Morgan fingerprint density at radius 3 is 2.83 bits per heavy atom. The third-order valence-electron chi connectivity index (χ3n) is 4.03. The molecule has 0 aliphatic heterocycles. The number of nitrogens with zero attached hydrogens (tertiary/aromatic N) is 4. The average molecular weight is 344 g/mol. The summed E-state index contributed by atoms with van der Waals surface area (Å²) >= 11 is 6.05. The molecule has 122 valence electrons. The second kappa shape index (κ2) is 5.45. The summed E-state index contributed by atoms with van der Waals surface area (Å²) in [5.74, 6) is -0.316. The first kappa shape index (κ1) is 14.9. The van der Waals surface area contributed by atoms with Crippen molar-refractivity contribution < 1.29 is 4.79 Å². The van der Waals surface area contributed by atoms with E-state index in [-0.39, 0.29) is 6.54 Å². The monoisotopic (exact) mass is 343 g/mol. The molecule has 1 aliphatic rings. The van der Waals surface area contributed by atoms with Gasteiger partial charge in [-0.3, -0.25) is 9.59 Å². The van der Waals surface area contributed by atoms with Crippen molar-refractivity contribution in [1.82, 2.24) is 19.6 Å². The van der Waals surface area contributed by atoms with E-state index in [9.17, 15) is 9.59 Å². The fourth-order valence-electron chi connectivity index (χ4n) is 2.81. The van der Waals surface area contributed by atoms with Crippen molar-refractivity contribution in [1.29, 1.82) is 0 Å². The molecule has 1 amide bonds. The molecule has 1 fully saturated rings. The summed E-state index contributed by atoms with van der Waals surface area (Å²) in [6.07, 6.45) is 3.67. The Morgan fingerprint density at radius 1 is 1.38 bits per heavy atom. The van der Waals surface area contributed by atoms with Gasteiger partial charge in [0.1, 0.15) is 12.1 Å². The number of carbonyl (C=O) groups is 1. The van der Waals surface area contributed by atoms with Crippen LogP contribution in [0.5, 0.6) is 0 Å². The first-order valence-electron chi connectivity index (χ1n) is 7.57. The Kier molecular flexibility index (Phi) is 3.38. The summed E-state index contributed by atoms with van der Waals surface area (Å²) in [5, 5.41) is 9.96. The second-order valence-electron chi connectivity index (χ2n) is 5.89. The molecule has 0 saturated heterocycles. The molecule has 0 atom stereocenters. The van der Waals surface area contributed by atoms with E-state index in [1.54, 1.807) is 24.4 Å². The maximum Gasteiger partial charge on any atom is 0.293 e. The SMILES string of the molecule is NC(=O)Cn1nc(C2CC2)c2cnn(-c3cccc(Cl)c3)c2c1=O. The number of fused-ring (bicyclic) bond motifs is 1. The second-order valence-corrected chi connectivity index (χ2v) is 6.32. The van der Waals surface area contributed by atoms with Crippen LogP contribution in [0.3, 0.4) is 0 Å². The molecule has 1 aliphatic carbocycles. The van der Waals surface area contributed by atoms with Gasteiger partial charge >= 0.3 is 0 Å². The van der Waals surface area contributed by atoms with Gasteiger partial charge < -0.3 is 5.73 Å². The molecule has 8 heteroatoms. The molecule has 0 spiro atoms. The van der Waals surface area contributed by atoms with Crippen LogP contribution in [0.25, 0.3) is 16.6 Å². The minimum Gasteiger partial charge on any atom is -0.368 e. The lowest BCUT2D eigenvalue weighted by molar-refractivity contribution is -0.118. The highest BCUT2D eigenvalue weighted by atomic mass is 35.5. The number of halogens is 1. The van der Waals surface area contributed by atoms with Crippen molar-refractivity contribution in [2.75, 3.05) is 0 Å². The zero-order chi connectivity index (χ0) is 16.8. The Balaban J connectivity index is 2.01. The van der Waals surface area contributed by atoms with Crippen LogP contribution < -0.4 is 11.3 Å². The zero-order valence-corrected chi connectivity index (χ0v) is 13.4. The lowest BCUT2D eigenvalue weighted by Gasteiger charge is -2.09. The molecule has 2 N–H and O–H groups in total. The highest BCUT2D eigenvalue weighted by molar-refractivity contribution is 6.30. The van der Waals surface area contributed by atoms with Crippen molar-refractivity contribution in [3.8, 4) is 5.69 Å². The molecule has 0 unspecified atom stereocenters. The number of benzene rings is 1. The smallest absolute Gasteiger partial charge is 0.293 e. The summed E-state index contributed by atoms with van der Waals surface area (Å²) in [4.78, 5) is 24.1. The molecular formula is C16H14ClN5O2. The Labute approximate surface area is 141 Å². The lowest BCUT2D eigenvalue weighted by Crippen LogP contribution is -2.31. The summed E-state index contributed by atoms with van der Waals surface area (Å²) in [6.45, 7) is -0.255. The third-order valence-corrected chi connectivity index (χ3v) is 4.27. The molecular weight excluding hydrogens is 330 g/mol. The quantitative estimate of drug-likeness (QED) is 0.778. The van der Waals surface area contributed by atoms with Gasteiger partial charge in [-0.2, -0.15) is 10.2 Å². The Bertz CT molecular complexity index is 1020. The number of amides is 1. The standard InChI is InChI=1S/C16H14ClN5O2/c17-10-2-1-3-11(6-10)22-15-12(7-19-22)14(9-4-5-9)20-21(16(15)24)8-13(18)23/h1-3,6-7,9H,4-5,8H2,(H2,18,23). The van der Waals surface area contributed by atoms with E-state index >= 15 is 0 Å². The van der Waals surface area contributed by atoms with Gasteiger partial charge in [0.15, 0.2) is 0 Å². The maximum absolute atomic E-state index is 12.8. The van der Waals surface area contributed by atoms with Crippen molar-refractivity contribution in [3.63, 3.8) is 0 Å². The van der Waals surface area contributed by atoms with Crippen LogP contribution >= 0.6 is 11.6 Å². The molecule has 0 radical (unpaired) electrons. The van der Waals surface area contributed by atoms with E-state index < -0.39 is 11.5 Å². The normalized spacial score (nSPS) is 14.2. The van der Waals surface area contributed by atoms with Crippen LogP contribution in [-0.4, -0.2) is 25.5 Å². The predicted molar refractivity (Wildman–Crippen MR) is 89.3 cm³/mol. The van der Waals surface area contributed by atoms with Gasteiger partial charge in [-0.15, -0.1) is 0 Å². The van der Waals surface area contributed by atoms with Gasteiger partial charge in [0, 0.05) is 16.3 Å². The van der Waals surface area contributed by atoms with Crippen LogP contribution in [0, 0.1) is 0 Å². The number of rotatable bonds is 4. The molecule has 7 nitrogen and oxygen atoms in total. The van der Waals surface area contributed by atoms with Crippen LogP contribution in [-0.2, 0) is 11.3 Å². The van der Waals surface area contributed by atoms with Crippen molar-refractivity contribution in [3.05, 3.63) is 51.5 Å². The number of nitrogens with two attached hydrogens (primary N) is 1. The Hall–Kier alpha value is -2.67. The minimum absolute atomic E-state index is 0.255. The van der Waals surface area contributed by atoms with E-state index in [1.807, 2.05) is 6.07 Å². The summed E-state index contributed by atoms with van der Waals surface area (Å²) in [5.41, 5.74) is 6.70. The number of aromatic nitrogens is 4. The summed E-state index contributed by atoms with van der Waals surface area (Å²) in [6, 6.07) is 7.08. The van der Waals surface area contributed by atoms with E-state index in [2.05, 4.69) is 10.2 Å². The van der Waals surface area contributed by atoms with Gasteiger partial charge in [0.05, 0.1) is 17.6 Å².